The van der Waals surface area contributed by atoms with Crippen LogP contribution in [0.15, 0.2) is 41.2 Å². The van der Waals surface area contributed by atoms with E-state index in [1.165, 1.54) is 11.5 Å². The fourth-order valence-electron chi connectivity index (χ4n) is 1.58. The highest BCUT2D eigenvalue weighted by Crippen LogP contribution is 2.24. The van der Waals surface area contributed by atoms with Gasteiger partial charge in [-0.2, -0.15) is 0 Å². The molecule has 0 saturated heterocycles. The van der Waals surface area contributed by atoms with E-state index in [2.05, 4.69) is 32.0 Å². The third-order valence-electron chi connectivity index (χ3n) is 2.42. The molecule has 1 N–H and O–H groups in total. The van der Waals surface area contributed by atoms with E-state index in [0.29, 0.717) is 6.54 Å². The number of rotatable bonds is 4. The number of nitrogens with one attached hydrogen (secondary N) is 1. The molecule has 0 aliphatic rings. The number of anilines is 1. The number of thiazole rings is 1. The Morgan fingerprint density at radius 2 is 2.28 bits per heavy atom. The summed E-state index contributed by atoms with van der Waals surface area (Å²) in [6.45, 7) is 0.692. The summed E-state index contributed by atoms with van der Waals surface area (Å²) in [5.74, 6) is 0. The molecule has 4 nitrogen and oxygen atoms in total. The Morgan fingerprint density at radius 3 is 3.06 bits per heavy atom. The van der Waals surface area contributed by atoms with Crippen molar-refractivity contribution in [2.24, 2.45) is 0 Å². The minimum Gasteiger partial charge on any atom is -0.379 e. The van der Waals surface area contributed by atoms with Gasteiger partial charge in [-0.1, -0.05) is 16.6 Å². The smallest absolute Gasteiger partial charge is 0.123 e. The van der Waals surface area contributed by atoms with Crippen LogP contribution in [0, 0.1) is 0 Å². The maximum atomic E-state index is 4.31. The van der Waals surface area contributed by atoms with Crippen LogP contribution in [0.1, 0.15) is 5.69 Å². The van der Waals surface area contributed by atoms with Crippen molar-refractivity contribution in [2.75, 3.05) is 5.32 Å². The molecule has 0 saturated carbocycles. The summed E-state index contributed by atoms with van der Waals surface area (Å²) >= 11 is 3.01. The van der Waals surface area contributed by atoms with E-state index in [4.69, 9.17) is 0 Å². The van der Waals surface area contributed by atoms with Gasteiger partial charge < -0.3 is 5.32 Å². The zero-order valence-corrected chi connectivity index (χ0v) is 11.0. The summed E-state index contributed by atoms with van der Waals surface area (Å²) in [7, 11) is 0. The Hall–Kier alpha value is -1.79. The summed E-state index contributed by atoms with van der Waals surface area (Å²) < 4.78 is 3.84. The topological polar surface area (TPSA) is 50.7 Å². The molecule has 18 heavy (non-hydrogen) atoms. The Morgan fingerprint density at radius 1 is 1.28 bits per heavy atom. The predicted molar refractivity (Wildman–Crippen MR) is 74.8 cm³/mol. The van der Waals surface area contributed by atoms with E-state index in [1.54, 1.807) is 11.3 Å². The third kappa shape index (κ3) is 2.55. The molecule has 0 fully saturated rings. The molecule has 0 aliphatic carbocycles. The fourth-order valence-corrected chi connectivity index (χ4v) is 2.67. The number of aromatic nitrogens is 3. The largest absolute Gasteiger partial charge is 0.379 e. The lowest BCUT2D eigenvalue weighted by Gasteiger charge is -2.05. The number of nitrogens with zero attached hydrogens (tertiary/aromatic N) is 3. The molecule has 6 heteroatoms. The van der Waals surface area contributed by atoms with Gasteiger partial charge in [0.1, 0.15) is 5.01 Å². The first-order valence-corrected chi connectivity index (χ1v) is 7.13. The van der Waals surface area contributed by atoms with Crippen molar-refractivity contribution in [3.05, 3.63) is 46.9 Å². The first-order valence-electron chi connectivity index (χ1n) is 5.41. The first kappa shape index (κ1) is 11.3. The van der Waals surface area contributed by atoms with Crippen molar-refractivity contribution in [1.82, 2.24) is 14.6 Å². The second-order valence-corrected chi connectivity index (χ2v) is 5.17. The first-order chi connectivity index (χ1) is 8.92. The van der Waals surface area contributed by atoms with Gasteiger partial charge in [-0.15, -0.1) is 16.4 Å². The lowest BCUT2D eigenvalue weighted by atomic mass is 10.2. The van der Waals surface area contributed by atoms with Gasteiger partial charge in [-0.05, 0) is 23.7 Å². The van der Waals surface area contributed by atoms with Gasteiger partial charge in [0.2, 0.25) is 0 Å². The highest BCUT2D eigenvalue weighted by Gasteiger charge is 2.02. The summed E-state index contributed by atoms with van der Waals surface area (Å²) in [6.07, 6.45) is 1.82. The standard InChI is InChI=1S/C12H10N4S2/c1-2-9(12-13-4-5-17-12)6-10(3-1)14-7-11-8-18-16-15-11/h1-6,8,14H,7H2. The molecular weight excluding hydrogens is 264 g/mol. The summed E-state index contributed by atoms with van der Waals surface area (Å²) in [6, 6.07) is 8.22. The fraction of sp³-hybridized carbons (Fsp3) is 0.0833. The van der Waals surface area contributed by atoms with Crippen LogP contribution in [0.2, 0.25) is 0 Å². The molecule has 0 spiro atoms. The molecule has 0 bridgehead atoms. The maximum absolute atomic E-state index is 4.31. The summed E-state index contributed by atoms with van der Waals surface area (Å²) in [4.78, 5) is 4.31. The average molecular weight is 274 g/mol. The Bertz CT molecular complexity index is 605. The molecule has 3 aromatic rings. The van der Waals surface area contributed by atoms with Crippen LogP contribution in [0.4, 0.5) is 5.69 Å². The molecular formula is C12H10N4S2. The van der Waals surface area contributed by atoms with E-state index in [0.717, 1.165) is 22.0 Å². The normalized spacial score (nSPS) is 10.4. The van der Waals surface area contributed by atoms with Crippen molar-refractivity contribution >= 4 is 28.6 Å². The van der Waals surface area contributed by atoms with Crippen LogP contribution in [-0.2, 0) is 6.54 Å². The van der Waals surface area contributed by atoms with E-state index in [1.807, 2.05) is 29.1 Å². The molecule has 0 aliphatic heterocycles. The molecule has 90 valence electrons. The summed E-state index contributed by atoms with van der Waals surface area (Å²) in [5.41, 5.74) is 3.15. The molecule has 0 amide bonds. The van der Waals surface area contributed by atoms with Crippen LogP contribution in [0.5, 0.6) is 0 Å². The SMILES string of the molecule is c1cc(NCc2csnn2)cc(-c2nccs2)c1. The zero-order valence-electron chi connectivity index (χ0n) is 9.41. The zero-order chi connectivity index (χ0) is 12.2. The van der Waals surface area contributed by atoms with Crippen LogP contribution < -0.4 is 5.32 Å². The van der Waals surface area contributed by atoms with Gasteiger partial charge in [-0.3, -0.25) is 0 Å². The molecule has 2 heterocycles. The van der Waals surface area contributed by atoms with Gasteiger partial charge in [0.25, 0.3) is 0 Å². The third-order valence-corrected chi connectivity index (χ3v) is 3.80. The van der Waals surface area contributed by atoms with E-state index in [-0.39, 0.29) is 0 Å². The molecule has 1 aromatic carbocycles. The van der Waals surface area contributed by atoms with Crippen LogP contribution in [0.3, 0.4) is 0 Å². The van der Waals surface area contributed by atoms with Crippen LogP contribution in [0.25, 0.3) is 10.6 Å². The maximum Gasteiger partial charge on any atom is 0.123 e. The van der Waals surface area contributed by atoms with E-state index >= 15 is 0 Å². The molecule has 3 rings (SSSR count). The number of hydrogen-bond acceptors (Lipinski definition) is 6. The van der Waals surface area contributed by atoms with Gasteiger partial charge in [0.15, 0.2) is 0 Å². The van der Waals surface area contributed by atoms with Crippen molar-refractivity contribution in [3.8, 4) is 10.6 Å². The lowest BCUT2D eigenvalue weighted by molar-refractivity contribution is 0.999. The quantitative estimate of drug-likeness (QED) is 0.793. The van der Waals surface area contributed by atoms with Crippen molar-refractivity contribution in [2.45, 2.75) is 6.54 Å². The highest BCUT2D eigenvalue weighted by molar-refractivity contribution is 7.13. The van der Waals surface area contributed by atoms with Crippen LogP contribution >= 0.6 is 22.9 Å². The van der Waals surface area contributed by atoms with Crippen LogP contribution in [-0.4, -0.2) is 14.6 Å². The van der Waals surface area contributed by atoms with Crippen molar-refractivity contribution in [3.63, 3.8) is 0 Å². The Labute approximate surface area is 113 Å². The van der Waals surface area contributed by atoms with Gasteiger partial charge in [-0.25, -0.2) is 4.98 Å². The number of benzene rings is 1. The molecule has 0 radical (unpaired) electrons. The average Bonchev–Trinajstić information content (AvgIpc) is 3.10. The lowest BCUT2D eigenvalue weighted by Crippen LogP contribution is -1.99. The second kappa shape index (κ2) is 5.24. The highest BCUT2D eigenvalue weighted by atomic mass is 32.1. The molecule has 0 unspecified atom stereocenters. The number of hydrogen-bond donors (Lipinski definition) is 1. The Balaban J connectivity index is 1.75. The minimum absolute atomic E-state index is 0.692. The predicted octanol–water partition coefficient (Wildman–Crippen LogP) is 3.27. The monoisotopic (exact) mass is 274 g/mol. The second-order valence-electron chi connectivity index (χ2n) is 3.67. The van der Waals surface area contributed by atoms with E-state index < -0.39 is 0 Å². The van der Waals surface area contributed by atoms with Gasteiger partial charge in [0, 0.05) is 28.2 Å². The molecule has 2 aromatic heterocycles. The van der Waals surface area contributed by atoms with Gasteiger partial charge >= 0.3 is 0 Å². The minimum atomic E-state index is 0.692. The van der Waals surface area contributed by atoms with E-state index in [9.17, 15) is 0 Å². The summed E-state index contributed by atoms with van der Waals surface area (Å²) in [5, 5.41) is 12.3. The Kier molecular flexibility index (Phi) is 3.29. The van der Waals surface area contributed by atoms with Crippen molar-refractivity contribution in [1.29, 1.82) is 0 Å². The van der Waals surface area contributed by atoms with Crippen molar-refractivity contribution < 1.29 is 0 Å². The molecule has 0 atom stereocenters. The van der Waals surface area contributed by atoms with Gasteiger partial charge in [0.05, 0.1) is 12.2 Å².